The largest absolute Gasteiger partial charge is 0.481 e. The summed E-state index contributed by atoms with van der Waals surface area (Å²) in [6.07, 6.45) is 7.30. The fourth-order valence-corrected chi connectivity index (χ4v) is 2.79. The molecule has 3 heteroatoms. The second-order valence-electron chi connectivity index (χ2n) is 4.96. The Kier molecular flexibility index (Phi) is 5.81. The van der Waals surface area contributed by atoms with E-state index in [0.29, 0.717) is 18.5 Å². The van der Waals surface area contributed by atoms with E-state index in [4.69, 9.17) is 5.11 Å². The van der Waals surface area contributed by atoms with Crippen molar-refractivity contribution in [3.63, 3.8) is 0 Å². The summed E-state index contributed by atoms with van der Waals surface area (Å²) in [5, 5.41) is 8.75. The number of carbonyl (C=O) groups is 1. The minimum absolute atomic E-state index is 0.319. The highest BCUT2D eigenvalue weighted by atomic mass is 16.4. The van der Waals surface area contributed by atoms with Gasteiger partial charge in [-0.1, -0.05) is 19.8 Å². The Labute approximate surface area is 98.8 Å². The molecule has 1 aliphatic heterocycles. The first-order valence-electron chi connectivity index (χ1n) is 6.62. The average Bonchev–Trinajstić information content (AvgIpc) is 2.27. The summed E-state index contributed by atoms with van der Waals surface area (Å²) in [5.41, 5.74) is 0. The summed E-state index contributed by atoms with van der Waals surface area (Å²) in [7, 11) is 0. The van der Waals surface area contributed by atoms with Crippen molar-refractivity contribution in [2.45, 2.75) is 70.9 Å². The van der Waals surface area contributed by atoms with Crippen molar-refractivity contribution in [3.05, 3.63) is 0 Å². The third-order valence-corrected chi connectivity index (χ3v) is 3.64. The van der Waals surface area contributed by atoms with Crippen molar-refractivity contribution in [1.29, 1.82) is 0 Å². The van der Waals surface area contributed by atoms with Crippen molar-refractivity contribution in [2.24, 2.45) is 0 Å². The second kappa shape index (κ2) is 6.89. The molecule has 0 aromatic rings. The van der Waals surface area contributed by atoms with Gasteiger partial charge < -0.3 is 5.11 Å². The van der Waals surface area contributed by atoms with Gasteiger partial charge in [0, 0.05) is 18.5 Å². The molecule has 0 bridgehead atoms. The molecule has 1 aliphatic rings. The molecule has 2 atom stereocenters. The molecule has 94 valence electrons. The van der Waals surface area contributed by atoms with Crippen LogP contribution in [0.1, 0.15) is 58.8 Å². The number of nitrogens with zero attached hydrogens (tertiary/aromatic N) is 1. The van der Waals surface area contributed by atoms with Gasteiger partial charge in [0.1, 0.15) is 0 Å². The van der Waals surface area contributed by atoms with Gasteiger partial charge in [0.25, 0.3) is 0 Å². The number of carboxylic acids is 1. The summed E-state index contributed by atoms with van der Waals surface area (Å²) in [6.45, 7) is 5.65. The molecule has 0 radical (unpaired) electrons. The van der Waals surface area contributed by atoms with Gasteiger partial charge in [-0.05, 0) is 39.2 Å². The monoisotopic (exact) mass is 227 g/mol. The molecule has 3 nitrogen and oxygen atoms in total. The van der Waals surface area contributed by atoms with Crippen molar-refractivity contribution < 1.29 is 9.90 Å². The van der Waals surface area contributed by atoms with Crippen LogP contribution in [0, 0.1) is 0 Å². The molecule has 1 N–H and O–H groups in total. The Hall–Kier alpha value is -0.570. The van der Waals surface area contributed by atoms with Gasteiger partial charge in [0.15, 0.2) is 0 Å². The van der Waals surface area contributed by atoms with E-state index in [1.54, 1.807) is 0 Å². The molecule has 0 spiro atoms. The Morgan fingerprint density at radius 3 is 2.88 bits per heavy atom. The van der Waals surface area contributed by atoms with E-state index in [0.717, 1.165) is 13.0 Å². The van der Waals surface area contributed by atoms with Crippen LogP contribution in [0.3, 0.4) is 0 Å². The number of likely N-dealkylation sites (tertiary alicyclic amines) is 1. The summed E-state index contributed by atoms with van der Waals surface area (Å²) in [5.74, 6) is -0.659. The molecular formula is C13H25NO2. The number of hydrogen-bond acceptors (Lipinski definition) is 2. The quantitative estimate of drug-likeness (QED) is 0.758. The van der Waals surface area contributed by atoms with Crippen LogP contribution in [-0.4, -0.2) is 34.6 Å². The number of rotatable bonds is 6. The molecular weight excluding hydrogens is 202 g/mol. The van der Waals surface area contributed by atoms with Crippen LogP contribution < -0.4 is 0 Å². The first-order chi connectivity index (χ1) is 7.65. The Morgan fingerprint density at radius 2 is 2.25 bits per heavy atom. The highest BCUT2D eigenvalue weighted by molar-refractivity contribution is 5.66. The lowest BCUT2D eigenvalue weighted by atomic mass is 9.95. The van der Waals surface area contributed by atoms with E-state index >= 15 is 0 Å². The van der Waals surface area contributed by atoms with Gasteiger partial charge in [-0.25, -0.2) is 0 Å². The van der Waals surface area contributed by atoms with Crippen LogP contribution in [-0.2, 0) is 4.79 Å². The predicted molar refractivity (Wildman–Crippen MR) is 65.6 cm³/mol. The van der Waals surface area contributed by atoms with Gasteiger partial charge in [-0.15, -0.1) is 0 Å². The van der Waals surface area contributed by atoms with E-state index in [-0.39, 0.29) is 0 Å². The fraction of sp³-hybridized carbons (Fsp3) is 0.923. The molecule has 2 unspecified atom stereocenters. The highest BCUT2D eigenvalue weighted by Crippen LogP contribution is 2.24. The Balaban J connectivity index is 2.46. The normalized spacial score (nSPS) is 24.2. The highest BCUT2D eigenvalue weighted by Gasteiger charge is 2.26. The maximum Gasteiger partial charge on any atom is 0.303 e. The van der Waals surface area contributed by atoms with Crippen LogP contribution in [0.4, 0.5) is 0 Å². The van der Waals surface area contributed by atoms with Crippen molar-refractivity contribution >= 4 is 5.97 Å². The molecule has 1 fully saturated rings. The molecule has 16 heavy (non-hydrogen) atoms. The lowest BCUT2D eigenvalue weighted by molar-refractivity contribution is -0.137. The van der Waals surface area contributed by atoms with Gasteiger partial charge in [-0.2, -0.15) is 0 Å². The third-order valence-electron chi connectivity index (χ3n) is 3.64. The lowest BCUT2D eigenvalue weighted by Gasteiger charge is -2.40. The van der Waals surface area contributed by atoms with E-state index in [2.05, 4.69) is 18.7 Å². The zero-order valence-electron chi connectivity index (χ0n) is 10.6. The van der Waals surface area contributed by atoms with Crippen LogP contribution in [0.25, 0.3) is 0 Å². The summed E-state index contributed by atoms with van der Waals surface area (Å²) in [6, 6.07) is 1.12. The first kappa shape index (κ1) is 13.5. The lowest BCUT2D eigenvalue weighted by Crippen LogP contribution is -2.45. The number of hydrogen-bond donors (Lipinski definition) is 1. The maximum atomic E-state index is 10.6. The molecule has 0 amide bonds. The standard InChI is InChI=1S/C13H25NO2/c1-3-6-11(2)14-10-5-4-7-12(14)8-9-13(15)16/h11-12H,3-10H2,1-2H3,(H,15,16). The molecule has 1 rings (SSSR count). The van der Waals surface area contributed by atoms with E-state index < -0.39 is 5.97 Å². The maximum absolute atomic E-state index is 10.6. The van der Waals surface area contributed by atoms with Crippen LogP contribution in [0.15, 0.2) is 0 Å². The molecule has 0 aliphatic carbocycles. The van der Waals surface area contributed by atoms with Crippen molar-refractivity contribution in [3.8, 4) is 0 Å². The third kappa shape index (κ3) is 4.12. The molecule has 1 heterocycles. The second-order valence-corrected chi connectivity index (χ2v) is 4.96. The fourth-order valence-electron chi connectivity index (χ4n) is 2.79. The topological polar surface area (TPSA) is 40.5 Å². The number of carboxylic acid groups (broad SMARTS) is 1. The van der Waals surface area contributed by atoms with Gasteiger partial charge >= 0.3 is 5.97 Å². The van der Waals surface area contributed by atoms with E-state index in [1.807, 2.05) is 0 Å². The summed E-state index contributed by atoms with van der Waals surface area (Å²) >= 11 is 0. The zero-order chi connectivity index (χ0) is 12.0. The summed E-state index contributed by atoms with van der Waals surface area (Å²) in [4.78, 5) is 13.2. The Morgan fingerprint density at radius 1 is 1.50 bits per heavy atom. The predicted octanol–water partition coefficient (Wildman–Crippen LogP) is 2.89. The molecule has 0 aromatic carbocycles. The van der Waals surface area contributed by atoms with Gasteiger partial charge in [0.05, 0.1) is 0 Å². The Bertz CT molecular complexity index is 218. The van der Waals surface area contributed by atoms with Gasteiger partial charge in [0.2, 0.25) is 0 Å². The van der Waals surface area contributed by atoms with Crippen molar-refractivity contribution in [2.75, 3.05) is 6.54 Å². The molecule has 0 saturated carbocycles. The SMILES string of the molecule is CCCC(C)N1CCCCC1CCC(=O)O. The minimum Gasteiger partial charge on any atom is -0.481 e. The van der Waals surface area contributed by atoms with E-state index in [1.165, 1.54) is 32.1 Å². The van der Waals surface area contributed by atoms with E-state index in [9.17, 15) is 4.79 Å². The van der Waals surface area contributed by atoms with Crippen LogP contribution in [0.5, 0.6) is 0 Å². The number of aliphatic carboxylic acids is 1. The molecule has 1 saturated heterocycles. The van der Waals surface area contributed by atoms with Crippen LogP contribution >= 0.6 is 0 Å². The van der Waals surface area contributed by atoms with Gasteiger partial charge in [-0.3, -0.25) is 9.69 Å². The first-order valence-corrected chi connectivity index (χ1v) is 6.62. The van der Waals surface area contributed by atoms with Crippen LogP contribution in [0.2, 0.25) is 0 Å². The summed E-state index contributed by atoms with van der Waals surface area (Å²) < 4.78 is 0. The van der Waals surface area contributed by atoms with Crippen molar-refractivity contribution in [1.82, 2.24) is 4.90 Å². The minimum atomic E-state index is -0.659. The molecule has 0 aromatic heterocycles. The average molecular weight is 227 g/mol. The smallest absolute Gasteiger partial charge is 0.303 e. The zero-order valence-corrected chi connectivity index (χ0v) is 10.6. The number of piperidine rings is 1.